The lowest BCUT2D eigenvalue weighted by Gasteiger charge is -2.20. The minimum atomic E-state index is -4.54. The van der Waals surface area contributed by atoms with Crippen LogP contribution in [0.4, 0.5) is 13.2 Å². The molecule has 3 aromatic rings. The first-order valence-electron chi connectivity index (χ1n) is 8.78. The van der Waals surface area contributed by atoms with E-state index >= 15 is 0 Å². The highest BCUT2D eigenvalue weighted by Crippen LogP contribution is 2.28. The predicted molar refractivity (Wildman–Crippen MR) is 99.7 cm³/mol. The predicted octanol–water partition coefficient (Wildman–Crippen LogP) is 3.42. The molecular formula is C19H21F3N4O2. The fraction of sp³-hybridized carbons (Fsp3) is 0.421. The van der Waals surface area contributed by atoms with E-state index in [1.807, 2.05) is 29.2 Å². The first-order valence-corrected chi connectivity index (χ1v) is 8.78. The van der Waals surface area contributed by atoms with Crippen molar-refractivity contribution in [1.29, 1.82) is 0 Å². The lowest BCUT2D eigenvalue weighted by molar-refractivity contribution is -0.127. The molecule has 0 saturated carbocycles. The highest BCUT2D eigenvalue weighted by Gasteiger charge is 2.32. The molecule has 0 fully saturated rings. The van der Waals surface area contributed by atoms with Gasteiger partial charge in [-0.1, -0.05) is 45.0 Å². The summed E-state index contributed by atoms with van der Waals surface area (Å²) in [7, 11) is 0. The maximum atomic E-state index is 12.9. The number of H-pyrrole nitrogens is 2. The molecule has 2 aromatic heterocycles. The Morgan fingerprint density at radius 3 is 2.21 bits per heavy atom. The second kappa shape index (κ2) is 6.65. The largest absolute Gasteiger partial charge is 0.394 e. The van der Waals surface area contributed by atoms with Crippen LogP contribution in [0.15, 0.2) is 33.9 Å². The Kier molecular flexibility index (Phi) is 4.73. The lowest BCUT2D eigenvalue weighted by Crippen LogP contribution is -2.23. The average Bonchev–Trinajstić information content (AvgIpc) is 2.90. The van der Waals surface area contributed by atoms with Crippen molar-refractivity contribution in [1.82, 2.24) is 19.7 Å². The van der Waals surface area contributed by atoms with Crippen molar-refractivity contribution in [2.75, 3.05) is 0 Å². The zero-order valence-corrected chi connectivity index (χ0v) is 15.9. The van der Waals surface area contributed by atoms with E-state index in [1.54, 1.807) is 6.92 Å². The van der Waals surface area contributed by atoms with E-state index in [9.17, 15) is 22.8 Å². The second-order valence-corrected chi connectivity index (χ2v) is 7.86. The molecule has 9 heteroatoms. The summed E-state index contributed by atoms with van der Waals surface area (Å²) in [5.41, 5.74) is -0.280. The third-order valence-electron chi connectivity index (χ3n) is 4.66. The van der Waals surface area contributed by atoms with Crippen LogP contribution in [-0.2, 0) is 11.8 Å². The summed E-state index contributed by atoms with van der Waals surface area (Å²) in [6.45, 7) is 7.97. The van der Waals surface area contributed by atoms with Gasteiger partial charge in [-0.3, -0.25) is 14.8 Å². The van der Waals surface area contributed by atoms with Gasteiger partial charge in [0.15, 0.2) is 0 Å². The maximum absolute atomic E-state index is 12.9. The van der Waals surface area contributed by atoms with Gasteiger partial charge in [-0.2, -0.15) is 18.3 Å². The van der Waals surface area contributed by atoms with E-state index < -0.39 is 35.6 Å². The quantitative estimate of drug-likeness (QED) is 0.714. The van der Waals surface area contributed by atoms with Crippen LogP contribution < -0.4 is 11.2 Å². The zero-order chi connectivity index (χ0) is 20.9. The number of alkyl halides is 3. The number of nitrogens with zero attached hydrogens (tertiary/aromatic N) is 2. The van der Waals surface area contributed by atoms with Crippen LogP contribution >= 0.6 is 0 Å². The third kappa shape index (κ3) is 3.88. The van der Waals surface area contributed by atoms with Gasteiger partial charge in [0.05, 0.1) is 18.2 Å². The molecule has 1 atom stereocenters. The first-order chi connectivity index (χ1) is 12.9. The van der Waals surface area contributed by atoms with Crippen LogP contribution in [0.25, 0.3) is 11.0 Å². The molecule has 0 aliphatic rings. The summed E-state index contributed by atoms with van der Waals surface area (Å²) in [6.07, 6.45) is -5.90. The molecule has 3 rings (SSSR count). The molecule has 0 saturated heterocycles. The maximum Gasteiger partial charge on any atom is 0.394 e. The van der Waals surface area contributed by atoms with Crippen LogP contribution in [0.1, 0.15) is 50.6 Å². The highest BCUT2D eigenvalue weighted by atomic mass is 19.4. The number of rotatable bonds is 3. The van der Waals surface area contributed by atoms with Crippen molar-refractivity contribution in [3.63, 3.8) is 0 Å². The molecular weight excluding hydrogens is 373 g/mol. The molecule has 0 aliphatic heterocycles. The van der Waals surface area contributed by atoms with Gasteiger partial charge in [0, 0.05) is 0 Å². The summed E-state index contributed by atoms with van der Waals surface area (Å²) in [6, 6.07) is 7.14. The summed E-state index contributed by atoms with van der Waals surface area (Å²) in [5, 5.41) is 3.78. The van der Waals surface area contributed by atoms with Crippen molar-refractivity contribution < 1.29 is 13.2 Å². The molecule has 0 spiro atoms. The molecule has 2 heterocycles. The summed E-state index contributed by atoms with van der Waals surface area (Å²) in [5.74, 6) is 0. The van der Waals surface area contributed by atoms with Gasteiger partial charge in [-0.15, -0.1) is 0 Å². The smallest absolute Gasteiger partial charge is 0.292 e. The minimum absolute atomic E-state index is 0.0274. The van der Waals surface area contributed by atoms with Gasteiger partial charge < -0.3 is 0 Å². The SMILES string of the molecule is C[C@@H](c1ccc(C(C)(C)C)cc1)n1nc(CC(F)(F)F)c2c(=O)[nH]c(=O)[nH]c21. The summed E-state index contributed by atoms with van der Waals surface area (Å²) >= 11 is 0. The average molecular weight is 394 g/mol. The van der Waals surface area contributed by atoms with Crippen LogP contribution in [-0.4, -0.2) is 25.9 Å². The number of hydrogen-bond donors (Lipinski definition) is 2. The number of hydrogen-bond acceptors (Lipinski definition) is 3. The molecule has 0 radical (unpaired) electrons. The molecule has 2 N–H and O–H groups in total. The Morgan fingerprint density at radius 1 is 1.07 bits per heavy atom. The van der Waals surface area contributed by atoms with Crippen LogP contribution in [0.3, 0.4) is 0 Å². The van der Waals surface area contributed by atoms with Crippen LogP contribution in [0.5, 0.6) is 0 Å². The van der Waals surface area contributed by atoms with Gasteiger partial charge in [0.1, 0.15) is 11.0 Å². The molecule has 1 aromatic carbocycles. The summed E-state index contributed by atoms with van der Waals surface area (Å²) in [4.78, 5) is 28.2. The van der Waals surface area contributed by atoms with Crippen LogP contribution in [0.2, 0.25) is 0 Å². The van der Waals surface area contributed by atoms with Crippen molar-refractivity contribution in [3.05, 3.63) is 61.9 Å². The van der Waals surface area contributed by atoms with Gasteiger partial charge >= 0.3 is 11.9 Å². The van der Waals surface area contributed by atoms with Gasteiger partial charge in [0.2, 0.25) is 0 Å². The molecule has 0 unspecified atom stereocenters. The fourth-order valence-corrected chi connectivity index (χ4v) is 3.14. The molecule has 0 bridgehead atoms. The normalized spacial score (nSPS) is 13.8. The van der Waals surface area contributed by atoms with E-state index in [-0.39, 0.29) is 16.4 Å². The standard InChI is InChI=1S/C19H21F3N4O2/c1-10(11-5-7-12(8-6-11)18(2,3)4)26-15-14(16(27)24-17(28)23-15)13(25-26)9-19(20,21)22/h5-8,10H,9H2,1-4H3,(H2,23,24,27,28)/t10-/m0/s1. The number of benzene rings is 1. The van der Waals surface area contributed by atoms with Gasteiger partial charge in [0.25, 0.3) is 5.56 Å². The Morgan fingerprint density at radius 2 is 1.68 bits per heavy atom. The van der Waals surface area contributed by atoms with E-state index in [0.717, 1.165) is 11.1 Å². The number of aromatic nitrogens is 4. The number of nitrogens with one attached hydrogen (secondary N) is 2. The zero-order valence-electron chi connectivity index (χ0n) is 15.9. The molecule has 6 nitrogen and oxygen atoms in total. The van der Waals surface area contributed by atoms with E-state index in [2.05, 4.69) is 30.9 Å². The topological polar surface area (TPSA) is 83.5 Å². The van der Waals surface area contributed by atoms with Crippen molar-refractivity contribution >= 4 is 11.0 Å². The number of halogens is 3. The minimum Gasteiger partial charge on any atom is -0.292 e. The monoisotopic (exact) mass is 394 g/mol. The van der Waals surface area contributed by atoms with E-state index in [1.165, 1.54) is 4.68 Å². The number of aromatic amines is 2. The van der Waals surface area contributed by atoms with Crippen molar-refractivity contribution in [3.8, 4) is 0 Å². The third-order valence-corrected chi connectivity index (χ3v) is 4.66. The number of fused-ring (bicyclic) bond motifs is 1. The van der Waals surface area contributed by atoms with E-state index in [4.69, 9.17) is 0 Å². The van der Waals surface area contributed by atoms with Crippen molar-refractivity contribution in [2.24, 2.45) is 0 Å². The van der Waals surface area contributed by atoms with Crippen molar-refractivity contribution in [2.45, 2.75) is 51.7 Å². The summed E-state index contributed by atoms with van der Waals surface area (Å²) < 4.78 is 40.1. The molecule has 0 amide bonds. The Balaban J connectivity index is 2.14. The van der Waals surface area contributed by atoms with E-state index in [0.29, 0.717) is 0 Å². The Labute approximate surface area is 158 Å². The second-order valence-electron chi connectivity index (χ2n) is 7.86. The van der Waals surface area contributed by atoms with Crippen LogP contribution in [0, 0.1) is 0 Å². The Bertz CT molecular complexity index is 1120. The first kappa shape index (κ1) is 19.9. The van der Waals surface area contributed by atoms with Gasteiger partial charge in [-0.05, 0) is 23.5 Å². The Hall–Kier alpha value is -2.84. The highest BCUT2D eigenvalue weighted by molar-refractivity contribution is 5.77. The molecule has 150 valence electrons. The van der Waals surface area contributed by atoms with Gasteiger partial charge in [-0.25, -0.2) is 9.48 Å². The molecule has 0 aliphatic carbocycles. The fourth-order valence-electron chi connectivity index (χ4n) is 3.14. The molecule has 28 heavy (non-hydrogen) atoms. The lowest BCUT2D eigenvalue weighted by atomic mass is 9.86.